The van der Waals surface area contributed by atoms with Gasteiger partial charge in [0, 0.05) is 31.4 Å². The zero-order valence-electron chi connectivity index (χ0n) is 11.1. The molecule has 0 spiro atoms. The van der Waals surface area contributed by atoms with Crippen LogP contribution in [0.1, 0.15) is 29.6 Å². The fraction of sp³-hybridized carbons (Fsp3) is 0.571. The lowest BCUT2D eigenvalue weighted by Crippen LogP contribution is -2.39. The van der Waals surface area contributed by atoms with Crippen LogP contribution < -0.4 is 10.1 Å². The predicted molar refractivity (Wildman–Crippen MR) is 71.3 cm³/mol. The summed E-state index contributed by atoms with van der Waals surface area (Å²) in [5.74, 6) is 0.439. The number of pyridine rings is 1. The summed E-state index contributed by atoms with van der Waals surface area (Å²) in [6, 6.07) is 4.58. The highest BCUT2D eigenvalue weighted by atomic mass is 16.5. The van der Waals surface area contributed by atoms with Gasteiger partial charge >= 0.3 is 0 Å². The second-order valence-electron chi connectivity index (χ2n) is 5.24. The SMILES string of the molecule is COc1ncccc1C(=O)N1CCC2CCC(C1)N2. The number of nitrogens with zero attached hydrogens (tertiary/aromatic N) is 2. The van der Waals surface area contributed by atoms with Crippen LogP contribution in [0.3, 0.4) is 0 Å². The fourth-order valence-electron chi connectivity index (χ4n) is 3.01. The van der Waals surface area contributed by atoms with Crippen LogP contribution in [0.4, 0.5) is 0 Å². The van der Waals surface area contributed by atoms with Gasteiger partial charge in [0.25, 0.3) is 5.91 Å². The van der Waals surface area contributed by atoms with E-state index in [1.807, 2.05) is 4.90 Å². The van der Waals surface area contributed by atoms with E-state index in [9.17, 15) is 4.79 Å². The Morgan fingerprint density at radius 2 is 2.26 bits per heavy atom. The van der Waals surface area contributed by atoms with E-state index in [-0.39, 0.29) is 5.91 Å². The van der Waals surface area contributed by atoms with Gasteiger partial charge in [0.05, 0.1) is 7.11 Å². The Morgan fingerprint density at radius 1 is 1.42 bits per heavy atom. The summed E-state index contributed by atoms with van der Waals surface area (Å²) in [6.07, 6.45) is 5.08. The number of fused-ring (bicyclic) bond motifs is 2. The molecule has 2 saturated heterocycles. The van der Waals surface area contributed by atoms with Crippen molar-refractivity contribution in [2.45, 2.75) is 31.3 Å². The first-order valence-corrected chi connectivity index (χ1v) is 6.82. The first kappa shape index (κ1) is 12.4. The average Bonchev–Trinajstić information content (AvgIpc) is 2.77. The summed E-state index contributed by atoms with van der Waals surface area (Å²) in [4.78, 5) is 18.6. The Hall–Kier alpha value is -1.62. The van der Waals surface area contributed by atoms with Crippen molar-refractivity contribution in [3.05, 3.63) is 23.9 Å². The molecule has 0 aliphatic carbocycles. The maximum Gasteiger partial charge on any atom is 0.259 e. The number of likely N-dealkylation sites (tertiary alicyclic amines) is 1. The van der Waals surface area contributed by atoms with E-state index < -0.39 is 0 Å². The molecule has 2 atom stereocenters. The minimum Gasteiger partial charge on any atom is -0.480 e. The van der Waals surface area contributed by atoms with Crippen molar-refractivity contribution in [2.75, 3.05) is 20.2 Å². The Labute approximate surface area is 113 Å². The summed E-state index contributed by atoms with van der Waals surface area (Å²) in [7, 11) is 1.55. The zero-order chi connectivity index (χ0) is 13.2. The molecule has 2 fully saturated rings. The molecule has 2 aliphatic heterocycles. The number of aromatic nitrogens is 1. The first-order chi connectivity index (χ1) is 9.28. The maximum atomic E-state index is 12.6. The minimum absolute atomic E-state index is 0.0271. The van der Waals surface area contributed by atoms with Crippen molar-refractivity contribution >= 4 is 5.91 Å². The van der Waals surface area contributed by atoms with E-state index in [1.54, 1.807) is 25.4 Å². The molecule has 5 heteroatoms. The molecule has 0 saturated carbocycles. The fourth-order valence-corrected chi connectivity index (χ4v) is 3.01. The van der Waals surface area contributed by atoms with Crippen molar-refractivity contribution in [3.8, 4) is 5.88 Å². The standard InChI is InChI=1S/C14H19N3O2/c1-19-13-12(3-2-7-15-13)14(18)17-8-6-10-4-5-11(9-17)16-10/h2-3,7,10-11,16H,4-6,8-9H2,1H3. The van der Waals surface area contributed by atoms with Crippen molar-refractivity contribution < 1.29 is 9.53 Å². The van der Waals surface area contributed by atoms with Gasteiger partial charge in [-0.05, 0) is 31.4 Å². The van der Waals surface area contributed by atoms with Gasteiger partial charge in [-0.2, -0.15) is 0 Å². The number of amides is 1. The Bertz CT molecular complexity index is 478. The summed E-state index contributed by atoms with van der Waals surface area (Å²) >= 11 is 0. The van der Waals surface area contributed by atoms with Gasteiger partial charge in [0.2, 0.25) is 5.88 Å². The summed E-state index contributed by atoms with van der Waals surface area (Å²) in [5.41, 5.74) is 0.558. The van der Waals surface area contributed by atoms with E-state index in [0.29, 0.717) is 23.5 Å². The van der Waals surface area contributed by atoms with Crippen LogP contribution in [0.2, 0.25) is 0 Å². The van der Waals surface area contributed by atoms with E-state index in [2.05, 4.69) is 10.3 Å². The van der Waals surface area contributed by atoms with Crippen molar-refractivity contribution in [2.24, 2.45) is 0 Å². The molecule has 2 unspecified atom stereocenters. The first-order valence-electron chi connectivity index (χ1n) is 6.82. The number of hydrogen-bond acceptors (Lipinski definition) is 4. The highest BCUT2D eigenvalue weighted by Gasteiger charge is 2.32. The predicted octanol–water partition coefficient (Wildman–Crippen LogP) is 1.06. The highest BCUT2D eigenvalue weighted by molar-refractivity contribution is 5.96. The summed E-state index contributed by atoms with van der Waals surface area (Å²) in [5, 5.41) is 3.58. The third kappa shape index (κ3) is 2.42. The van der Waals surface area contributed by atoms with E-state index in [1.165, 1.54) is 12.8 Å². The van der Waals surface area contributed by atoms with Gasteiger partial charge in [0.15, 0.2) is 0 Å². The molecule has 0 aromatic carbocycles. The molecule has 3 heterocycles. The van der Waals surface area contributed by atoms with Crippen LogP contribution in [-0.2, 0) is 0 Å². The Morgan fingerprint density at radius 3 is 3.11 bits per heavy atom. The van der Waals surface area contributed by atoms with Gasteiger partial charge in [-0.3, -0.25) is 4.79 Å². The number of carbonyl (C=O) groups excluding carboxylic acids is 1. The molecule has 1 aromatic heterocycles. The van der Waals surface area contributed by atoms with Gasteiger partial charge in [-0.25, -0.2) is 4.98 Å². The summed E-state index contributed by atoms with van der Waals surface area (Å²) < 4.78 is 5.18. The molecule has 0 radical (unpaired) electrons. The Kier molecular flexibility index (Phi) is 3.38. The lowest BCUT2D eigenvalue weighted by atomic mass is 10.1. The average molecular weight is 261 g/mol. The van der Waals surface area contributed by atoms with Crippen LogP contribution in [0.25, 0.3) is 0 Å². The zero-order valence-corrected chi connectivity index (χ0v) is 11.1. The molecule has 102 valence electrons. The highest BCUT2D eigenvalue weighted by Crippen LogP contribution is 2.23. The van der Waals surface area contributed by atoms with Crippen molar-refractivity contribution in [3.63, 3.8) is 0 Å². The van der Waals surface area contributed by atoms with Crippen molar-refractivity contribution in [1.82, 2.24) is 15.2 Å². The quantitative estimate of drug-likeness (QED) is 0.865. The maximum absolute atomic E-state index is 12.6. The number of carbonyl (C=O) groups is 1. The molecule has 19 heavy (non-hydrogen) atoms. The monoisotopic (exact) mass is 261 g/mol. The van der Waals surface area contributed by atoms with Gasteiger partial charge in [-0.15, -0.1) is 0 Å². The van der Waals surface area contributed by atoms with E-state index in [0.717, 1.165) is 19.5 Å². The third-order valence-electron chi connectivity index (χ3n) is 4.01. The van der Waals surface area contributed by atoms with Crippen LogP contribution in [0.5, 0.6) is 5.88 Å². The van der Waals surface area contributed by atoms with Crippen LogP contribution >= 0.6 is 0 Å². The lowest BCUT2D eigenvalue weighted by Gasteiger charge is -2.24. The van der Waals surface area contributed by atoms with E-state index in [4.69, 9.17) is 4.74 Å². The van der Waals surface area contributed by atoms with Crippen LogP contribution in [-0.4, -0.2) is 48.1 Å². The normalized spacial score (nSPS) is 26.1. The van der Waals surface area contributed by atoms with Gasteiger partial charge in [-0.1, -0.05) is 0 Å². The molecule has 1 N–H and O–H groups in total. The number of methoxy groups -OCH3 is 1. The smallest absolute Gasteiger partial charge is 0.259 e. The molecule has 3 rings (SSSR count). The molecule has 1 amide bonds. The molecule has 1 aromatic rings. The molecular weight excluding hydrogens is 242 g/mol. The molecule has 2 aliphatic rings. The second-order valence-corrected chi connectivity index (χ2v) is 5.24. The third-order valence-corrected chi connectivity index (χ3v) is 4.01. The topological polar surface area (TPSA) is 54.5 Å². The molecular formula is C14H19N3O2. The number of nitrogens with one attached hydrogen (secondary N) is 1. The van der Waals surface area contributed by atoms with Gasteiger partial charge in [0.1, 0.15) is 5.56 Å². The second kappa shape index (κ2) is 5.17. The van der Waals surface area contributed by atoms with E-state index >= 15 is 0 Å². The number of ether oxygens (including phenoxy) is 1. The number of hydrogen-bond donors (Lipinski definition) is 1. The number of rotatable bonds is 2. The van der Waals surface area contributed by atoms with Crippen molar-refractivity contribution in [1.29, 1.82) is 0 Å². The molecule has 2 bridgehead atoms. The largest absolute Gasteiger partial charge is 0.480 e. The minimum atomic E-state index is 0.0271. The Balaban J connectivity index is 1.79. The lowest BCUT2D eigenvalue weighted by molar-refractivity contribution is 0.0744. The van der Waals surface area contributed by atoms with Crippen LogP contribution in [0.15, 0.2) is 18.3 Å². The molecule has 5 nitrogen and oxygen atoms in total. The summed E-state index contributed by atoms with van der Waals surface area (Å²) in [6.45, 7) is 1.60. The van der Waals surface area contributed by atoms with Gasteiger partial charge < -0.3 is 15.0 Å². The van der Waals surface area contributed by atoms with Crippen LogP contribution in [0, 0.1) is 0 Å².